The van der Waals surface area contributed by atoms with E-state index in [1.165, 1.54) is 5.56 Å². The van der Waals surface area contributed by atoms with Crippen molar-refractivity contribution in [2.45, 2.75) is 16.5 Å². The molecule has 5 nitrogen and oxygen atoms in total. The van der Waals surface area contributed by atoms with Gasteiger partial charge in [0.1, 0.15) is 17.6 Å². The lowest BCUT2D eigenvalue weighted by atomic mass is 10.2. The Labute approximate surface area is 176 Å². The van der Waals surface area contributed by atoms with Crippen LogP contribution in [-0.2, 0) is 17.0 Å². The normalized spacial score (nSPS) is 12.6. The van der Waals surface area contributed by atoms with Crippen LogP contribution in [-0.4, -0.2) is 24.1 Å². The molecule has 1 aromatic heterocycles. The highest BCUT2D eigenvalue weighted by Crippen LogP contribution is 2.32. The second kappa shape index (κ2) is 8.86. The monoisotopic (exact) mass is 432 g/mol. The molecule has 1 N–H and O–H groups in total. The summed E-state index contributed by atoms with van der Waals surface area (Å²) in [4.78, 5) is 16.9. The van der Waals surface area contributed by atoms with E-state index in [-0.39, 0.29) is 12.3 Å². The fourth-order valence-electron chi connectivity index (χ4n) is 2.65. The SMILES string of the molecule is O=C(Cc1csc(SCc2ccc(Cl)cc2)n1)Nc1ccc2c(c1)OCCO2. The van der Waals surface area contributed by atoms with Crippen LogP contribution in [0.2, 0.25) is 5.02 Å². The van der Waals surface area contributed by atoms with Crippen LogP contribution in [0.5, 0.6) is 11.5 Å². The lowest BCUT2D eigenvalue weighted by Gasteiger charge is -2.18. The van der Waals surface area contributed by atoms with Crippen molar-refractivity contribution >= 4 is 46.3 Å². The Hall–Kier alpha value is -2.22. The fraction of sp³-hybridized carbons (Fsp3) is 0.200. The molecule has 144 valence electrons. The van der Waals surface area contributed by atoms with E-state index >= 15 is 0 Å². The van der Waals surface area contributed by atoms with E-state index in [0.29, 0.717) is 30.4 Å². The summed E-state index contributed by atoms with van der Waals surface area (Å²) in [5.41, 5.74) is 2.63. The molecule has 1 aliphatic heterocycles. The van der Waals surface area contributed by atoms with Gasteiger partial charge in [-0.3, -0.25) is 4.79 Å². The number of nitrogens with one attached hydrogen (secondary N) is 1. The maximum atomic E-state index is 12.3. The van der Waals surface area contributed by atoms with Crippen molar-refractivity contribution in [1.82, 2.24) is 4.98 Å². The minimum absolute atomic E-state index is 0.115. The highest BCUT2D eigenvalue weighted by atomic mass is 35.5. The van der Waals surface area contributed by atoms with Crippen molar-refractivity contribution in [3.8, 4) is 11.5 Å². The van der Waals surface area contributed by atoms with Crippen molar-refractivity contribution in [3.05, 3.63) is 64.1 Å². The molecular weight excluding hydrogens is 416 g/mol. The summed E-state index contributed by atoms with van der Waals surface area (Å²) in [6.07, 6.45) is 0.229. The van der Waals surface area contributed by atoms with Gasteiger partial charge in [-0.1, -0.05) is 35.5 Å². The number of fused-ring (bicyclic) bond motifs is 1. The first-order valence-corrected chi connectivity index (χ1v) is 10.9. The van der Waals surface area contributed by atoms with Crippen LogP contribution in [0.3, 0.4) is 0 Å². The van der Waals surface area contributed by atoms with Crippen molar-refractivity contribution < 1.29 is 14.3 Å². The number of aromatic nitrogens is 1. The molecule has 0 spiro atoms. The molecular formula is C20H17ClN2O3S2. The van der Waals surface area contributed by atoms with Gasteiger partial charge >= 0.3 is 0 Å². The third-order valence-electron chi connectivity index (χ3n) is 3.97. The van der Waals surface area contributed by atoms with E-state index in [2.05, 4.69) is 10.3 Å². The smallest absolute Gasteiger partial charge is 0.230 e. The number of thioether (sulfide) groups is 1. The summed E-state index contributed by atoms with van der Waals surface area (Å²) >= 11 is 9.10. The first-order chi connectivity index (χ1) is 13.7. The molecule has 0 atom stereocenters. The maximum Gasteiger partial charge on any atom is 0.230 e. The van der Waals surface area contributed by atoms with Crippen molar-refractivity contribution in [2.24, 2.45) is 0 Å². The zero-order valence-electron chi connectivity index (χ0n) is 14.8. The molecule has 1 aliphatic rings. The van der Waals surface area contributed by atoms with Gasteiger partial charge in [0, 0.05) is 27.9 Å². The average Bonchev–Trinajstić information content (AvgIpc) is 3.14. The molecule has 0 aliphatic carbocycles. The summed E-state index contributed by atoms with van der Waals surface area (Å²) in [6.45, 7) is 1.06. The Morgan fingerprint density at radius 3 is 2.75 bits per heavy atom. The standard InChI is InChI=1S/C20H17ClN2O3S2/c21-14-3-1-13(2-4-14)11-27-20-23-16(12-28-20)10-19(24)22-15-5-6-17-18(9-15)26-8-7-25-17/h1-6,9,12H,7-8,10-11H2,(H,22,24). The van der Waals surface area contributed by atoms with Gasteiger partial charge in [0.15, 0.2) is 11.5 Å². The summed E-state index contributed by atoms with van der Waals surface area (Å²) in [5, 5.41) is 5.54. The van der Waals surface area contributed by atoms with E-state index in [1.54, 1.807) is 41.3 Å². The second-order valence-corrected chi connectivity index (χ2v) is 8.62. The molecule has 28 heavy (non-hydrogen) atoms. The highest BCUT2D eigenvalue weighted by molar-refractivity contribution is 8.00. The van der Waals surface area contributed by atoms with Crippen molar-refractivity contribution in [3.63, 3.8) is 0 Å². The number of halogens is 1. The summed E-state index contributed by atoms with van der Waals surface area (Å²) in [5.74, 6) is 2.05. The second-order valence-electron chi connectivity index (χ2n) is 6.10. The van der Waals surface area contributed by atoms with E-state index in [1.807, 2.05) is 29.6 Å². The minimum atomic E-state index is -0.115. The number of anilines is 1. The van der Waals surface area contributed by atoms with E-state index in [0.717, 1.165) is 20.8 Å². The number of carbonyl (C=O) groups is 1. The third kappa shape index (κ3) is 4.98. The Morgan fingerprint density at radius 1 is 1.14 bits per heavy atom. The number of ether oxygens (including phenoxy) is 2. The lowest BCUT2D eigenvalue weighted by molar-refractivity contribution is -0.115. The predicted octanol–water partition coefficient (Wildman–Crippen LogP) is 5.04. The zero-order valence-corrected chi connectivity index (χ0v) is 17.2. The van der Waals surface area contributed by atoms with Crippen LogP contribution in [0.1, 0.15) is 11.3 Å². The van der Waals surface area contributed by atoms with Gasteiger partial charge < -0.3 is 14.8 Å². The van der Waals surface area contributed by atoms with Crippen LogP contribution in [0.15, 0.2) is 52.2 Å². The molecule has 0 unspecified atom stereocenters. The van der Waals surface area contributed by atoms with Crippen molar-refractivity contribution in [2.75, 3.05) is 18.5 Å². The number of thiazole rings is 1. The molecule has 0 fully saturated rings. The molecule has 2 aromatic carbocycles. The van der Waals surface area contributed by atoms with E-state index < -0.39 is 0 Å². The minimum Gasteiger partial charge on any atom is -0.486 e. The quantitative estimate of drug-likeness (QED) is 0.553. The Kier molecular flexibility index (Phi) is 6.04. The molecule has 2 heterocycles. The molecule has 0 saturated carbocycles. The molecule has 3 aromatic rings. The lowest BCUT2D eigenvalue weighted by Crippen LogP contribution is -2.17. The molecule has 4 rings (SSSR count). The number of nitrogens with zero attached hydrogens (tertiary/aromatic N) is 1. The van der Waals surface area contributed by atoms with E-state index in [4.69, 9.17) is 21.1 Å². The van der Waals surface area contributed by atoms with Gasteiger partial charge in [0.2, 0.25) is 5.91 Å². The number of benzene rings is 2. The van der Waals surface area contributed by atoms with Gasteiger partial charge in [-0.25, -0.2) is 4.98 Å². The molecule has 0 saturated heterocycles. The molecule has 8 heteroatoms. The van der Waals surface area contributed by atoms with Crippen LogP contribution in [0.4, 0.5) is 5.69 Å². The largest absolute Gasteiger partial charge is 0.486 e. The Bertz CT molecular complexity index is 976. The van der Waals surface area contributed by atoms with E-state index in [9.17, 15) is 4.79 Å². The third-order valence-corrected chi connectivity index (χ3v) is 6.37. The van der Waals surface area contributed by atoms with Gasteiger partial charge in [-0.05, 0) is 29.8 Å². The Balaban J connectivity index is 1.30. The van der Waals surface area contributed by atoms with Gasteiger partial charge in [-0.15, -0.1) is 11.3 Å². The first kappa shape index (κ1) is 19.1. The van der Waals surface area contributed by atoms with Crippen LogP contribution in [0, 0.1) is 0 Å². The predicted molar refractivity (Wildman–Crippen MR) is 113 cm³/mol. The summed E-state index contributed by atoms with van der Waals surface area (Å²) < 4.78 is 12.0. The number of carbonyl (C=O) groups excluding carboxylic acids is 1. The highest BCUT2D eigenvalue weighted by Gasteiger charge is 2.14. The van der Waals surface area contributed by atoms with Crippen LogP contribution in [0.25, 0.3) is 0 Å². The first-order valence-electron chi connectivity index (χ1n) is 8.67. The number of amides is 1. The zero-order chi connectivity index (χ0) is 19.3. The Morgan fingerprint density at radius 2 is 1.93 bits per heavy atom. The summed E-state index contributed by atoms with van der Waals surface area (Å²) in [7, 11) is 0. The van der Waals surface area contributed by atoms with Gasteiger partial charge in [0.05, 0.1) is 12.1 Å². The fourth-order valence-corrected chi connectivity index (χ4v) is 4.58. The van der Waals surface area contributed by atoms with Crippen LogP contribution >= 0.6 is 34.7 Å². The number of hydrogen-bond acceptors (Lipinski definition) is 6. The maximum absolute atomic E-state index is 12.3. The number of rotatable bonds is 6. The average molecular weight is 433 g/mol. The molecule has 1 amide bonds. The number of hydrogen-bond donors (Lipinski definition) is 1. The van der Waals surface area contributed by atoms with Crippen molar-refractivity contribution in [1.29, 1.82) is 0 Å². The molecule has 0 radical (unpaired) electrons. The topological polar surface area (TPSA) is 60.5 Å². The van der Waals surface area contributed by atoms with Gasteiger partial charge in [0.25, 0.3) is 0 Å². The van der Waals surface area contributed by atoms with Gasteiger partial charge in [-0.2, -0.15) is 0 Å². The van der Waals surface area contributed by atoms with Crippen LogP contribution < -0.4 is 14.8 Å². The molecule has 0 bridgehead atoms. The summed E-state index contributed by atoms with van der Waals surface area (Å²) in [6, 6.07) is 13.2.